The lowest BCUT2D eigenvalue weighted by molar-refractivity contribution is -0.384. The second-order valence-electron chi connectivity index (χ2n) is 4.97. The molecule has 0 aliphatic heterocycles. The first-order chi connectivity index (χ1) is 9.99. The number of benzene rings is 2. The zero-order chi connectivity index (χ0) is 15.4. The van der Waals surface area contributed by atoms with Crippen LogP contribution < -0.4 is 5.32 Å². The van der Waals surface area contributed by atoms with Crippen LogP contribution in [0.4, 0.5) is 15.8 Å². The highest BCUT2D eigenvalue weighted by molar-refractivity contribution is 5.66. The molecule has 5 heteroatoms. The lowest BCUT2D eigenvalue weighted by Gasteiger charge is -2.11. The summed E-state index contributed by atoms with van der Waals surface area (Å²) in [6.07, 6.45) is 0.678. The van der Waals surface area contributed by atoms with Crippen molar-refractivity contribution in [1.82, 2.24) is 0 Å². The zero-order valence-corrected chi connectivity index (χ0v) is 12.0. The van der Waals surface area contributed by atoms with Crippen LogP contribution in [0.25, 0.3) is 0 Å². The van der Waals surface area contributed by atoms with Crippen molar-refractivity contribution in [2.45, 2.75) is 20.3 Å². The number of nitrogens with one attached hydrogen (secondary N) is 1. The van der Waals surface area contributed by atoms with E-state index in [0.717, 1.165) is 16.7 Å². The van der Waals surface area contributed by atoms with E-state index in [1.807, 2.05) is 19.9 Å². The molecule has 0 saturated carbocycles. The number of hydrogen-bond acceptors (Lipinski definition) is 3. The van der Waals surface area contributed by atoms with Gasteiger partial charge in [-0.15, -0.1) is 0 Å². The molecule has 2 aromatic rings. The van der Waals surface area contributed by atoms with Gasteiger partial charge in [0.1, 0.15) is 11.5 Å². The van der Waals surface area contributed by atoms with Gasteiger partial charge in [0.25, 0.3) is 5.69 Å². The van der Waals surface area contributed by atoms with Crippen molar-refractivity contribution in [3.63, 3.8) is 0 Å². The molecule has 0 atom stereocenters. The molecular weight excluding hydrogens is 271 g/mol. The van der Waals surface area contributed by atoms with Gasteiger partial charge in [-0.2, -0.15) is 0 Å². The van der Waals surface area contributed by atoms with Crippen LogP contribution in [0.2, 0.25) is 0 Å². The fourth-order valence-corrected chi connectivity index (χ4v) is 2.30. The average Bonchev–Trinajstić information content (AvgIpc) is 2.42. The summed E-state index contributed by atoms with van der Waals surface area (Å²) in [6, 6.07) is 9.66. The molecule has 0 fully saturated rings. The summed E-state index contributed by atoms with van der Waals surface area (Å²) in [7, 11) is 0. The van der Waals surface area contributed by atoms with Gasteiger partial charge in [0.2, 0.25) is 0 Å². The van der Waals surface area contributed by atoms with E-state index in [2.05, 4.69) is 5.32 Å². The summed E-state index contributed by atoms with van der Waals surface area (Å²) in [4.78, 5) is 10.6. The largest absolute Gasteiger partial charge is 0.379 e. The Hall–Kier alpha value is -2.43. The van der Waals surface area contributed by atoms with Crippen LogP contribution in [0.5, 0.6) is 0 Å². The minimum atomic E-state index is -0.390. The second-order valence-corrected chi connectivity index (χ2v) is 4.97. The normalized spacial score (nSPS) is 10.4. The van der Waals surface area contributed by atoms with Crippen molar-refractivity contribution in [1.29, 1.82) is 0 Å². The predicted molar refractivity (Wildman–Crippen MR) is 81.2 cm³/mol. The van der Waals surface area contributed by atoms with Crippen molar-refractivity contribution in [2.75, 3.05) is 11.9 Å². The maximum absolute atomic E-state index is 13.0. The second kappa shape index (κ2) is 6.35. The highest BCUT2D eigenvalue weighted by Crippen LogP contribution is 2.27. The Morgan fingerprint density at radius 3 is 2.62 bits per heavy atom. The zero-order valence-electron chi connectivity index (χ0n) is 12.0. The number of nitrogens with zero attached hydrogens (tertiary/aromatic N) is 1. The number of hydrogen-bond donors (Lipinski definition) is 1. The monoisotopic (exact) mass is 288 g/mol. The molecule has 0 unspecified atom stereocenters. The topological polar surface area (TPSA) is 55.2 Å². The fraction of sp³-hybridized carbons (Fsp3) is 0.250. The molecule has 0 aliphatic rings. The number of rotatable bonds is 5. The predicted octanol–water partition coefficient (Wildman–Crippen LogP) is 4.01. The van der Waals surface area contributed by atoms with Gasteiger partial charge in [0.15, 0.2) is 0 Å². The Balaban J connectivity index is 2.09. The van der Waals surface area contributed by atoms with Crippen LogP contribution in [0.3, 0.4) is 0 Å². The van der Waals surface area contributed by atoms with Crippen LogP contribution in [0.15, 0.2) is 36.4 Å². The number of aryl methyl sites for hydroxylation is 2. The molecule has 21 heavy (non-hydrogen) atoms. The van der Waals surface area contributed by atoms with E-state index >= 15 is 0 Å². The van der Waals surface area contributed by atoms with Crippen molar-refractivity contribution in [3.8, 4) is 0 Å². The SMILES string of the molecule is Cc1cc(F)ccc1CCNc1c(C)cccc1[N+](=O)[O-]. The van der Waals surface area contributed by atoms with E-state index < -0.39 is 4.92 Å². The first-order valence-corrected chi connectivity index (χ1v) is 6.72. The Bertz CT molecular complexity index is 671. The number of anilines is 1. The average molecular weight is 288 g/mol. The summed E-state index contributed by atoms with van der Waals surface area (Å²) < 4.78 is 13.0. The molecule has 0 amide bonds. The highest BCUT2D eigenvalue weighted by Gasteiger charge is 2.14. The van der Waals surface area contributed by atoms with Crippen LogP contribution in [-0.4, -0.2) is 11.5 Å². The quantitative estimate of drug-likeness (QED) is 0.668. The number of para-hydroxylation sites is 1. The summed E-state index contributed by atoms with van der Waals surface area (Å²) in [5.41, 5.74) is 3.37. The Kier molecular flexibility index (Phi) is 4.52. The van der Waals surface area contributed by atoms with Crippen molar-refractivity contribution in [2.24, 2.45) is 0 Å². The molecule has 1 N–H and O–H groups in total. The molecule has 0 radical (unpaired) electrons. The Labute approximate surface area is 122 Å². The molecular formula is C16H17FN2O2. The first kappa shape index (κ1) is 15.0. The molecule has 0 saturated heterocycles. The Morgan fingerprint density at radius 1 is 1.19 bits per heavy atom. The number of halogens is 1. The van der Waals surface area contributed by atoms with E-state index in [-0.39, 0.29) is 11.5 Å². The van der Waals surface area contributed by atoms with Gasteiger partial charge in [0, 0.05) is 12.6 Å². The maximum Gasteiger partial charge on any atom is 0.292 e. The Morgan fingerprint density at radius 2 is 1.95 bits per heavy atom. The minimum absolute atomic E-state index is 0.0748. The highest BCUT2D eigenvalue weighted by atomic mass is 19.1. The summed E-state index contributed by atoms with van der Waals surface area (Å²) in [5.74, 6) is -0.251. The van der Waals surface area contributed by atoms with Crippen LogP contribution in [0.1, 0.15) is 16.7 Å². The number of nitro groups is 1. The molecule has 0 bridgehead atoms. The molecule has 4 nitrogen and oxygen atoms in total. The van der Waals surface area contributed by atoms with Gasteiger partial charge in [-0.05, 0) is 49.1 Å². The van der Waals surface area contributed by atoms with Crippen molar-refractivity contribution in [3.05, 3.63) is 69.0 Å². The summed E-state index contributed by atoms with van der Waals surface area (Å²) >= 11 is 0. The van der Waals surface area contributed by atoms with E-state index in [4.69, 9.17) is 0 Å². The lowest BCUT2D eigenvalue weighted by atomic mass is 10.1. The van der Waals surface area contributed by atoms with Gasteiger partial charge < -0.3 is 5.32 Å². The van der Waals surface area contributed by atoms with Gasteiger partial charge in [-0.1, -0.05) is 18.2 Å². The van der Waals surface area contributed by atoms with Gasteiger partial charge in [-0.3, -0.25) is 10.1 Å². The van der Waals surface area contributed by atoms with E-state index in [9.17, 15) is 14.5 Å². The van der Waals surface area contributed by atoms with Gasteiger partial charge in [-0.25, -0.2) is 4.39 Å². The standard InChI is InChI=1S/C16H17FN2O2/c1-11-4-3-5-15(19(20)21)16(11)18-9-8-13-6-7-14(17)10-12(13)2/h3-7,10,18H,8-9H2,1-2H3. The third-order valence-electron chi connectivity index (χ3n) is 3.45. The number of nitro benzene ring substituents is 1. The molecule has 110 valence electrons. The molecule has 2 aromatic carbocycles. The van der Waals surface area contributed by atoms with Crippen LogP contribution in [0, 0.1) is 29.8 Å². The van der Waals surface area contributed by atoms with Crippen LogP contribution >= 0.6 is 0 Å². The lowest BCUT2D eigenvalue weighted by Crippen LogP contribution is -2.09. The smallest absolute Gasteiger partial charge is 0.292 e. The van der Waals surface area contributed by atoms with Crippen molar-refractivity contribution >= 4 is 11.4 Å². The fourth-order valence-electron chi connectivity index (χ4n) is 2.30. The minimum Gasteiger partial charge on any atom is -0.379 e. The van der Waals surface area contributed by atoms with E-state index in [1.54, 1.807) is 12.1 Å². The third-order valence-corrected chi connectivity index (χ3v) is 3.45. The third kappa shape index (κ3) is 3.56. The molecule has 0 aliphatic carbocycles. The molecule has 0 aromatic heterocycles. The van der Waals surface area contributed by atoms with Crippen molar-refractivity contribution < 1.29 is 9.31 Å². The van der Waals surface area contributed by atoms with E-state index in [0.29, 0.717) is 18.7 Å². The van der Waals surface area contributed by atoms with E-state index in [1.165, 1.54) is 18.2 Å². The summed E-state index contributed by atoms with van der Waals surface area (Å²) in [5, 5.41) is 14.1. The maximum atomic E-state index is 13.0. The molecule has 0 heterocycles. The summed E-state index contributed by atoms with van der Waals surface area (Å²) in [6.45, 7) is 4.24. The first-order valence-electron chi connectivity index (χ1n) is 6.72. The van der Waals surface area contributed by atoms with Crippen LogP contribution in [-0.2, 0) is 6.42 Å². The van der Waals surface area contributed by atoms with Gasteiger partial charge >= 0.3 is 0 Å². The molecule has 0 spiro atoms. The van der Waals surface area contributed by atoms with Gasteiger partial charge in [0.05, 0.1) is 4.92 Å². The molecule has 2 rings (SSSR count).